The molecule has 1 heterocycles. The average Bonchev–Trinajstić information content (AvgIpc) is 2.54. The monoisotopic (exact) mass is 217 g/mol. The first kappa shape index (κ1) is 11.3. The van der Waals surface area contributed by atoms with Crippen molar-refractivity contribution in [2.24, 2.45) is 0 Å². The zero-order chi connectivity index (χ0) is 10.4. The average molecular weight is 217 g/mol. The molecule has 0 unspecified atom stereocenters. The SMILES string of the molecule is CCOCCSc1n[nH]c(=O)n1CC. The Morgan fingerprint density at radius 2 is 2.36 bits per heavy atom. The number of thioether (sulfide) groups is 1. The molecule has 1 N–H and O–H groups in total. The van der Waals surface area contributed by atoms with Crippen LogP contribution in [0.3, 0.4) is 0 Å². The van der Waals surface area contributed by atoms with Crippen molar-refractivity contribution < 1.29 is 4.74 Å². The summed E-state index contributed by atoms with van der Waals surface area (Å²) in [6, 6.07) is 0. The van der Waals surface area contributed by atoms with Crippen LogP contribution in [0.2, 0.25) is 0 Å². The third-order valence-corrected chi connectivity index (χ3v) is 2.64. The summed E-state index contributed by atoms with van der Waals surface area (Å²) in [7, 11) is 0. The normalized spacial score (nSPS) is 10.7. The number of H-pyrrole nitrogens is 1. The van der Waals surface area contributed by atoms with Crippen molar-refractivity contribution in [1.82, 2.24) is 14.8 Å². The maximum absolute atomic E-state index is 11.2. The summed E-state index contributed by atoms with van der Waals surface area (Å²) in [6.07, 6.45) is 0. The van der Waals surface area contributed by atoms with Gasteiger partial charge in [0.25, 0.3) is 0 Å². The molecule has 0 aliphatic rings. The van der Waals surface area contributed by atoms with E-state index in [0.29, 0.717) is 13.2 Å². The third kappa shape index (κ3) is 2.88. The molecule has 0 aromatic carbocycles. The Morgan fingerprint density at radius 3 is 3.00 bits per heavy atom. The van der Waals surface area contributed by atoms with Gasteiger partial charge in [-0.2, -0.15) is 0 Å². The number of nitrogens with one attached hydrogen (secondary N) is 1. The molecule has 14 heavy (non-hydrogen) atoms. The number of nitrogens with zero attached hydrogens (tertiary/aromatic N) is 2. The number of hydrogen-bond donors (Lipinski definition) is 1. The summed E-state index contributed by atoms with van der Waals surface area (Å²) >= 11 is 1.53. The predicted octanol–water partition coefficient (Wildman–Crippen LogP) is 0.720. The maximum Gasteiger partial charge on any atom is 0.343 e. The van der Waals surface area contributed by atoms with Crippen molar-refractivity contribution in [2.75, 3.05) is 19.0 Å². The first-order valence-corrected chi connectivity index (χ1v) is 5.63. The fourth-order valence-corrected chi connectivity index (χ4v) is 1.89. The van der Waals surface area contributed by atoms with Crippen LogP contribution in [0.25, 0.3) is 0 Å². The van der Waals surface area contributed by atoms with Crippen molar-refractivity contribution in [3.05, 3.63) is 10.5 Å². The lowest BCUT2D eigenvalue weighted by molar-refractivity contribution is 0.164. The van der Waals surface area contributed by atoms with Crippen molar-refractivity contribution in [2.45, 2.75) is 25.5 Å². The van der Waals surface area contributed by atoms with Gasteiger partial charge >= 0.3 is 5.69 Å². The maximum atomic E-state index is 11.2. The number of aromatic amines is 1. The lowest BCUT2D eigenvalue weighted by Gasteiger charge is -2.01. The van der Waals surface area contributed by atoms with E-state index in [-0.39, 0.29) is 5.69 Å². The Morgan fingerprint density at radius 1 is 1.57 bits per heavy atom. The van der Waals surface area contributed by atoms with Gasteiger partial charge < -0.3 is 4.74 Å². The van der Waals surface area contributed by atoms with E-state index in [1.165, 1.54) is 11.8 Å². The van der Waals surface area contributed by atoms with Crippen LogP contribution in [0.1, 0.15) is 13.8 Å². The van der Waals surface area contributed by atoms with Crippen LogP contribution < -0.4 is 5.69 Å². The highest BCUT2D eigenvalue weighted by Crippen LogP contribution is 2.11. The van der Waals surface area contributed by atoms with Gasteiger partial charge in [0.15, 0.2) is 5.16 Å². The molecule has 80 valence electrons. The van der Waals surface area contributed by atoms with Crippen molar-refractivity contribution >= 4 is 11.8 Å². The topological polar surface area (TPSA) is 59.9 Å². The van der Waals surface area contributed by atoms with Crippen LogP contribution in [0.15, 0.2) is 9.95 Å². The van der Waals surface area contributed by atoms with E-state index in [4.69, 9.17) is 4.74 Å². The molecule has 1 aromatic heterocycles. The first-order valence-electron chi connectivity index (χ1n) is 4.65. The third-order valence-electron chi connectivity index (χ3n) is 1.70. The smallest absolute Gasteiger partial charge is 0.343 e. The molecule has 0 aliphatic heterocycles. The highest BCUT2D eigenvalue weighted by atomic mass is 32.2. The standard InChI is InChI=1S/C8H15N3O2S/c1-3-11-7(12)9-10-8(11)14-6-5-13-4-2/h3-6H2,1-2H3,(H,9,12). The summed E-state index contributed by atoms with van der Waals surface area (Å²) in [5.74, 6) is 0.818. The fourth-order valence-electron chi connectivity index (χ4n) is 1.03. The molecule has 0 radical (unpaired) electrons. The van der Waals surface area contributed by atoms with E-state index < -0.39 is 0 Å². The van der Waals surface area contributed by atoms with Gasteiger partial charge in [-0.25, -0.2) is 9.89 Å². The minimum Gasteiger partial charge on any atom is -0.381 e. The summed E-state index contributed by atoms with van der Waals surface area (Å²) < 4.78 is 6.80. The number of ether oxygens (including phenoxy) is 1. The highest BCUT2D eigenvalue weighted by Gasteiger charge is 2.05. The Balaban J connectivity index is 2.46. The Labute approximate surface area is 86.8 Å². The van der Waals surface area contributed by atoms with E-state index in [0.717, 1.165) is 17.5 Å². The molecule has 1 rings (SSSR count). The van der Waals surface area contributed by atoms with Crippen molar-refractivity contribution in [3.63, 3.8) is 0 Å². The van der Waals surface area contributed by atoms with E-state index >= 15 is 0 Å². The predicted molar refractivity (Wildman–Crippen MR) is 55.7 cm³/mol. The lowest BCUT2D eigenvalue weighted by Crippen LogP contribution is -2.16. The first-order chi connectivity index (χ1) is 6.79. The minimum absolute atomic E-state index is 0.147. The van der Waals surface area contributed by atoms with E-state index in [2.05, 4.69) is 10.2 Å². The second-order valence-electron chi connectivity index (χ2n) is 2.60. The minimum atomic E-state index is -0.147. The molecule has 0 fully saturated rings. The van der Waals surface area contributed by atoms with Crippen molar-refractivity contribution in [3.8, 4) is 0 Å². The number of aromatic nitrogens is 3. The molecule has 6 heteroatoms. The molecule has 0 spiro atoms. The van der Waals surface area contributed by atoms with Crippen LogP contribution in [-0.4, -0.2) is 33.7 Å². The molecule has 0 saturated carbocycles. The molecular weight excluding hydrogens is 202 g/mol. The Bertz CT molecular complexity index is 321. The Hall–Kier alpha value is -0.750. The molecule has 5 nitrogen and oxygen atoms in total. The molecular formula is C8H15N3O2S. The largest absolute Gasteiger partial charge is 0.381 e. The molecule has 0 atom stereocenters. The van der Waals surface area contributed by atoms with Crippen LogP contribution in [0.5, 0.6) is 0 Å². The van der Waals surface area contributed by atoms with Crippen LogP contribution >= 0.6 is 11.8 Å². The number of rotatable bonds is 6. The molecule has 1 aromatic rings. The zero-order valence-corrected chi connectivity index (χ0v) is 9.26. The van der Waals surface area contributed by atoms with Crippen LogP contribution in [0.4, 0.5) is 0 Å². The van der Waals surface area contributed by atoms with Gasteiger partial charge in [0.05, 0.1) is 6.61 Å². The Kier molecular flexibility index (Phi) is 4.75. The molecule has 0 aliphatic carbocycles. The summed E-state index contributed by atoms with van der Waals surface area (Å²) in [6.45, 7) is 5.94. The second kappa shape index (κ2) is 5.87. The van der Waals surface area contributed by atoms with Gasteiger partial charge in [0, 0.05) is 18.9 Å². The highest BCUT2D eigenvalue weighted by molar-refractivity contribution is 7.99. The van der Waals surface area contributed by atoms with E-state index in [1.54, 1.807) is 4.57 Å². The van der Waals surface area contributed by atoms with Gasteiger partial charge in [-0.05, 0) is 13.8 Å². The summed E-state index contributed by atoms with van der Waals surface area (Å²) in [4.78, 5) is 11.2. The van der Waals surface area contributed by atoms with Gasteiger partial charge in [0.2, 0.25) is 0 Å². The quantitative estimate of drug-likeness (QED) is 0.563. The molecule has 0 amide bonds. The summed E-state index contributed by atoms with van der Waals surface area (Å²) in [5.41, 5.74) is -0.147. The van der Waals surface area contributed by atoms with Gasteiger partial charge in [-0.3, -0.25) is 4.57 Å². The zero-order valence-electron chi connectivity index (χ0n) is 8.45. The fraction of sp³-hybridized carbons (Fsp3) is 0.750. The van der Waals surface area contributed by atoms with Gasteiger partial charge in [0.1, 0.15) is 0 Å². The van der Waals surface area contributed by atoms with Gasteiger partial charge in [-0.15, -0.1) is 5.10 Å². The molecule has 0 saturated heterocycles. The lowest BCUT2D eigenvalue weighted by atomic mass is 10.7. The van der Waals surface area contributed by atoms with Crippen LogP contribution in [0, 0.1) is 0 Å². The summed E-state index contributed by atoms with van der Waals surface area (Å²) in [5, 5.41) is 7.08. The molecule has 0 bridgehead atoms. The van der Waals surface area contributed by atoms with Gasteiger partial charge in [-0.1, -0.05) is 11.8 Å². The second-order valence-corrected chi connectivity index (χ2v) is 3.66. The number of hydrogen-bond acceptors (Lipinski definition) is 4. The van der Waals surface area contributed by atoms with E-state index in [9.17, 15) is 4.79 Å². The van der Waals surface area contributed by atoms with E-state index in [1.807, 2.05) is 13.8 Å². The van der Waals surface area contributed by atoms with Crippen LogP contribution in [-0.2, 0) is 11.3 Å². The van der Waals surface area contributed by atoms with Crippen molar-refractivity contribution in [1.29, 1.82) is 0 Å².